The summed E-state index contributed by atoms with van der Waals surface area (Å²) in [5.74, 6) is 0. The highest BCUT2D eigenvalue weighted by atomic mass is 35.5. The van der Waals surface area contributed by atoms with Gasteiger partial charge in [0.2, 0.25) is 0 Å². The largest absolute Gasteiger partial charge is 0.254 e. The van der Waals surface area contributed by atoms with E-state index in [1.165, 1.54) is 4.88 Å². The average molecular weight is 196 g/mol. The fourth-order valence-electron chi connectivity index (χ4n) is 0.946. The summed E-state index contributed by atoms with van der Waals surface area (Å²) < 4.78 is 0. The number of rotatable bonds is 1. The standard InChI is InChI=1S/C9H6ClNS/c10-7-3-4-8(11-6-7)9-2-1-5-12-9/h1-6H. The Balaban J connectivity index is 2.43. The molecule has 0 aliphatic heterocycles. The van der Waals surface area contributed by atoms with Crippen molar-refractivity contribution in [2.45, 2.75) is 0 Å². The van der Waals surface area contributed by atoms with E-state index in [-0.39, 0.29) is 0 Å². The first-order valence-electron chi connectivity index (χ1n) is 3.52. The Hall–Kier alpha value is -0.860. The monoisotopic (exact) mass is 195 g/mol. The van der Waals surface area contributed by atoms with Crippen LogP contribution in [0.5, 0.6) is 0 Å². The van der Waals surface area contributed by atoms with Gasteiger partial charge in [-0.15, -0.1) is 11.3 Å². The van der Waals surface area contributed by atoms with Gasteiger partial charge in [-0.25, -0.2) is 0 Å². The number of thiophene rings is 1. The van der Waals surface area contributed by atoms with Crippen molar-refractivity contribution in [1.82, 2.24) is 4.98 Å². The SMILES string of the molecule is Clc1ccc(-c2cccs2)nc1. The third kappa shape index (κ3) is 1.49. The molecule has 60 valence electrons. The Morgan fingerprint density at radius 3 is 2.75 bits per heavy atom. The Bertz CT molecular complexity index is 353. The first-order chi connectivity index (χ1) is 5.86. The second-order valence-corrected chi connectivity index (χ2v) is 3.72. The smallest absolute Gasteiger partial charge is 0.0802 e. The quantitative estimate of drug-likeness (QED) is 0.679. The molecule has 0 saturated carbocycles. The summed E-state index contributed by atoms with van der Waals surface area (Å²) in [6.07, 6.45) is 1.66. The third-order valence-corrected chi connectivity index (χ3v) is 2.62. The molecule has 0 saturated heterocycles. The lowest BCUT2D eigenvalue weighted by Crippen LogP contribution is -1.77. The Morgan fingerprint density at radius 2 is 2.17 bits per heavy atom. The lowest BCUT2D eigenvalue weighted by molar-refractivity contribution is 1.34. The minimum Gasteiger partial charge on any atom is -0.254 e. The molecule has 0 amide bonds. The van der Waals surface area contributed by atoms with Crippen molar-refractivity contribution in [3.05, 3.63) is 40.9 Å². The summed E-state index contributed by atoms with van der Waals surface area (Å²) >= 11 is 7.39. The molecule has 2 rings (SSSR count). The minimum absolute atomic E-state index is 0.676. The highest BCUT2D eigenvalue weighted by molar-refractivity contribution is 7.13. The number of hydrogen-bond donors (Lipinski definition) is 0. The van der Waals surface area contributed by atoms with E-state index in [2.05, 4.69) is 4.98 Å². The Labute approximate surface area is 79.7 Å². The fraction of sp³-hybridized carbons (Fsp3) is 0. The molecule has 3 heteroatoms. The van der Waals surface area contributed by atoms with Crippen LogP contribution >= 0.6 is 22.9 Å². The summed E-state index contributed by atoms with van der Waals surface area (Å²) in [6, 6.07) is 7.83. The second kappa shape index (κ2) is 3.25. The number of pyridine rings is 1. The molecule has 0 aliphatic rings. The highest BCUT2D eigenvalue weighted by Crippen LogP contribution is 2.22. The average Bonchev–Trinajstić information content (AvgIpc) is 2.58. The molecular formula is C9H6ClNS. The van der Waals surface area contributed by atoms with E-state index in [9.17, 15) is 0 Å². The topological polar surface area (TPSA) is 12.9 Å². The van der Waals surface area contributed by atoms with Crippen molar-refractivity contribution in [1.29, 1.82) is 0 Å². The van der Waals surface area contributed by atoms with Crippen LogP contribution in [0.25, 0.3) is 10.6 Å². The maximum atomic E-state index is 5.71. The first-order valence-corrected chi connectivity index (χ1v) is 4.77. The molecule has 0 unspecified atom stereocenters. The van der Waals surface area contributed by atoms with Gasteiger partial charge < -0.3 is 0 Å². The van der Waals surface area contributed by atoms with Crippen LogP contribution in [0.2, 0.25) is 5.02 Å². The van der Waals surface area contributed by atoms with Crippen molar-refractivity contribution >= 4 is 22.9 Å². The summed E-state index contributed by atoms with van der Waals surface area (Å²) in [4.78, 5) is 5.37. The lowest BCUT2D eigenvalue weighted by atomic mass is 10.3. The number of aromatic nitrogens is 1. The van der Waals surface area contributed by atoms with Crippen LogP contribution in [0.4, 0.5) is 0 Å². The lowest BCUT2D eigenvalue weighted by Gasteiger charge is -1.94. The zero-order chi connectivity index (χ0) is 8.39. The molecule has 2 aromatic rings. The van der Waals surface area contributed by atoms with Gasteiger partial charge in [0.25, 0.3) is 0 Å². The molecule has 0 bridgehead atoms. The van der Waals surface area contributed by atoms with E-state index in [1.807, 2.05) is 29.6 Å². The third-order valence-electron chi connectivity index (χ3n) is 1.50. The van der Waals surface area contributed by atoms with E-state index >= 15 is 0 Å². The summed E-state index contributed by atoms with van der Waals surface area (Å²) in [6.45, 7) is 0. The fourth-order valence-corrected chi connectivity index (χ4v) is 1.76. The zero-order valence-electron chi connectivity index (χ0n) is 6.20. The maximum Gasteiger partial charge on any atom is 0.0802 e. The zero-order valence-corrected chi connectivity index (χ0v) is 7.77. The van der Waals surface area contributed by atoms with Gasteiger partial charge in [0.05, 0.1) is 15.6 Å². The van der Waals surface area contributed by atoms with Crippen molar-refractivity contribution < 1.29 is 0 Å². The Morgan fingerprint density at radius 1 is 1.25 bits per heavy atom. The van der Waals surface area contributed by atoms with Crippen molar-refractivity contribution in [3.63, 3.8) is 0 Å². The van der Waals surface area contributed by atoms with Crippen LogP contribution in [0, 0.1) is 0 Å². The van der Waals surface area contributed by atoms with Crippen LogP contribution in [0.3, 0.4) is 0 Å². The van der Waals surface area contributed by atoms with Crippen LogP contribution in [0.15, 0.2) is 35.8 Å². The van der Waals surface area contributed by atoms with Gasteiger partial charge in [-0.1, -0.05) is 17.7 Å². The van der Waals surface area contributed by atoms with Gasteiger partial charge >= 0.3 is 0 Å². The van der Waals surface area contributed by atoms with Crippen LogP contribution in [0.1, 0.15) is 0 Å². The summed E-state index contributed by atoms with van der Waals surface area (Å²) in [5.41, 5.74) is 0.981. The molecule has 0 spiro atoms. The van der Waals surface area contributed by atoms with Crippen molar-refractivity contribution in [2.75, 3.05) is 0 Å². The molecule has 2 heterocycles. The molecule has 0 aromatic carbocycles. The van der Waals surface area contributed by atoms with E-state index in [4.69, 9.17) is 11.6 Å². The minimum atomic E-state index is 0.676. The Kier molecular flexibility index (Phi) is 2.11. The molecule has 0 N–H and O–H groups in total. The molecule has 0 fully saturated rings. The number of hydrogen-bond acceptors (Lipinski definition) is 2. The van der Waals surface area contributed by atoms with Crippen LogP contribution in [-0.4, -0.2) is 4.98 Å². The predicted octanol–water partition coefficient (Wildman–Crippen LogP) is 3.46. The predicted molar refractivity (Wildman–Crippen MR) is 52.6 cm³/mol. The van der Waals surface area contributed by atoms with Crippen molar-refractivity contribution in [2.24, 2.45) is 0 Å². The van der Waals surface area contributed by atoms with E-state index in [1.54, 1.807) is 17.5 Å². The molecular weight excluding hydrogens is 190 g/mol. The number of nitrogens with zero attached hydrogens (tertiary/aromatic N) is 1. The molecule has 1 nitrogen and oxygen atoms in total. The van der Waals surface area contributed by atoms with Crippen LogP contribution < -0.4 is 0 Å². The van der Waals surface area contributed by atoms with Gasteiger partial charge in [0.1, 0.15) is 0 Å². The van der Waals surface area contributed by atoms with Gasteiger partial charge in [0, 0.05) is 6.20 Å². The van der Waals surface area contributed by atoms with E-state index in [0.29, 0.717) is 5.02 Å². The molecule has 12 heavy (non-hydrogen) atoms. The van der Waals surface area contributed by atoms with E-state index < -0.39 is 0 Å². The van der Waals surface area contributed by atoms with Crippen molar-refractivity contribution in [3.8, 4) is 10.6 Å². The molecule has 0 radical (unpaired) electrons. The maximum absolute atomic E-state index is 5.71. The van der Waals surface area contributed by atoms with Gasteiger partial charge in [-0.05, 0) is 23.6 Å². The second-order valence-electron chi connectivity index (χ2n) is 2.34. The highest BCUT2D eigenvalue weighted by Gasteiger charge is 1.98. The molecule has 0 atom stereocenters. The molecule has 2 aromatic heterocycles. The molecule has 0 aliphatic carbocycles. The summed E-state index contributed by atoms with van der Waals surface area (Å²) in [5, 5.41) is 2.71. The summed E-state index contributed by atoms with van der Waals surface area (Å²) in [7, 11) is 0. The van der Waals surface area contributed by atoms with Gasteiger partial charge in [-0.2, -0.15) is 0 Å². The van der Waals surface area contributed by atoms with Gasteiger partial charge in [-0.3, -0.25) is 4.98 Å². The van der Waals surface area contributed by atoms with Crippen LogP contribution in [-0.2, 0) is 0 Å². The normalized spacial score (nSPS) is 10.1. The first kappa shape index (κ1) is 7.77. The van der Waals surface area contributed by atoms with Gasteiger partial charge in [0.15, 0.2) is 0 Å². The number of halogens is 1. The van der Waals surface area contributed by atoms with E-state index in [0.717, 1.165) is 5.69 Å².